The first-order valence-electron chi connectivity index (χ1n) is 9.95. The molecule has 0 amide bonds. The first-order chi connectivity index (χ1) is 13.1. The predicted molar refractivity (Wildman–Crippen MR) is 99.8 cm³/mol. The van der Waals surface area contributed by atoms with Crippen molar-refractivity contribution in [3.05, 3.63) is 29.9 Å². The Kier molecular flexibility index (Phi) is 5.29. The standard InChI is InChI=1S/C19H30N6O2/c1-4-24-10-9-21-16(24)12-25(15-11-19(15)5-7-20-8-6-19)13-17-22-18(23-27-17)14(2)26-3/h9-10,14-15,20H,4-8,11-13H2,1-3H3. The van der Waals surface area contributed by atoms with Crippen LogP contribution in [0.25, 0.3) is 0 Å². The second kappa shape index (κ2) is 7.69. The normalized spacial score (nSPS) is 22.4. The zero-order valence-corrected chi connectivity index (χ0v) is 16.5. The largest absolute Gasteiger partial charge is 0.374 e. The van der Waals surface area contributed by atoms with E-state index in [-0.39, 0.29) is 6.10 Å². The van der Waals surface area contributed by atoms with Crippen molar-refractivity contribution in [2.75, 3.05) is 20.2 Å². The molecular formula is C19H30N6O2. The fourth-order valence-electron chi connectivity index (χ4n) is 4.32. The van der Waals surface area contributed by atoms with Crippen LogP contribution in [0.1, 0.15) is 56.8 Å². The molecule has 1 saturated heterocycles. The highest BCUT2D eigenvalue weighted by molar-refractivity contribution is 5.11. The molecule has 2 aromatic heterocycles. The van der Waals surface area contributed by atoms with Gasteiger partial charge in [-0.3, -0.25) is 4.90 Å². The van der Waals surface area contributed by atoms with Crippen LogP contribution < -0.4 is 5.32 Å². The maximum absolute atomic E-state index is 5.53. The second-order valence-corrected chi connectivity index (χ2v) is 7.79. The second-order valence-electron chi connectivity index (χ2n) is 7.79. The fourth-order valence-corrected chi connectivity index (χ4v) is 4.32. The van der Waals surface area contributed by atoms with Crippen LogP contribution in [0.2, 0.25) is 0 Å². The van der Waals surface area contributed by atoms with Crippen molar-refractivity contribution in [2.45, 2.75) is 64.9 Å². The van der Waals surface area contributed by atoms with Crippen molar-refractivity contribution in [3.63, 3.8) is 0 Å². The Hall–Kier alpha value is -1.77. The Balaban J connectivity index is 1.52. The van der Waals surface area contributed by atoms with Crippen LogP contribution in [0.3, 0.4) is 0 Å². The lowest BCUT2D eigenvalue weighted by molar-refractivity contribution is 0.109. The summed E-state index contributed by atoms with van der Waals surface area (Å²) in [6, 6.07) is 0.553. The Bertz CT molecular complexity index is 751. The van der Waals surface area contributed by atoms with Gasteiger partial charge in [0.25, 0.3) is 0 Å². The minimum absolute atomic E-state index is 0.161. The van der Waals surface area contributed by atoms with Crippen molar-refractivity contribution in [1.82, 2.24) is 29.9 Å². The molecule has 148 valence electrons. The van der Waals surface area contributed by atoms with Crippen molar-refractivity contribution in [2.24, 2.45) is 5.41 Å². The lowest BCUT2D eigenvalue weighted by Crippen LogP contribution is -2.36. The Morgan fingerprint density at radius 2 is 2.22 bits per heavy atom. The molecule has 1 N–H and O–H groups in total. The van der Waals surface area contributed by atoms with E-state index in [0.29, 0.717) is 29.7 Å². The molecule has 1 saturated carbocycles. The number of piperidine rings is 1. The van der Waals surface area contributed by atoms with E-state index in [0.717, 1.165) is 32.0 Å². The van der Waals surface area contributed by atoms with Gasteiger partial charge in [-0.2, -0.15) is 4.98 Å². The Labute approximate surface area is 160 Å². The van der Waals surface area contributed by atoms with Gasteiger partial charge in [-0.25, -0.2) is 4.98 Å². The van der Waals surface area contributed by atoms with Crippen LogP contribution in [0.15, 0.2) is 16.9 Å². The molecule has 1 spiro atoms. The van der Waals surface area contributed by atoms with Gasteiger partial charge < -0.3 is 19.1 Å². The van der Waals surface area contributed by atoms with E-state index in [2.05, 4.69) is 36.8 Å². The van der Waals surface area contributed by atoms with Crippen LogP contribution in [-0.2, 0) is 24.4 Å². The molecule has 1 aliphatic carbocycles. The summed E-state index contributed by atoms with van der Waals surface area (Å²) in [7, 11) is 1.66. The smallest absolute Gasteiger partial charge is 0.240 e. The SMILES string of the molecule is CCn1ccnc1CN(Cc1nc(C(C)OC)no1)C1CC12CCNCC2. The van der Waals surface area contributed by atoms with Crippen molar-refractivity contribution < 1.29 is 9.26 Å². The molecule has 8 nitrogen and oxygen atoms in total. The van der Waals surface area contributed by atoms with Gasteiger partial charge in [-0.1, -0.05) is 5.16 Å². The molecule has 27 heavy (non-hydrogen) atoms. The summed E-state index contributed by atoms with van der Waals surface area (Å²) in [5.74, 6) is 2.35. The number of methoxy groups -OCH3 is 1. The number of aryl methyl sites for hydroxylation is 1. The summed E-state index contributed by atoms with van der Waals surface area (Å²) in [6.45, 7) is 8.69. The summed E-state index contributed by atoms with van der Waals surface area (Å²) >= 11 is 0. The molecule has 2 atom stereocenters. The predicted octanol–water partition coefficient (Wildman–Crippen LogP) is 2.14. The summed E-state index contributed by atoms with van der Waals surface area (Å²) in [4.78, 5) is 11.6. The third kappa shape index (κ3) is 3.79. The first-order valence-corrected chi connectivity index (χ1v) is 9.95. The Morgan fingerprint density at radius 3 is 2.96 bits per heavy atom. The molecule has 2 aliphatic rings. The number of aromatic nitrogens is 4. The van der Waals surface area contributed by atoms with Crippen LogP contribution in [-0.4, -0.2) is 50.8 Å². The topological polar surface area (TPSA) is 81.2 Å². The van der Waals surface area contributed by atoms with E-state index in [4.69, 9.17) is 9.26 Å². The molecule has 0 bridgehead atoms. The molecule has 2 aromatic rings. The summed E-state index contributed by atoms with van der Waals surface area (Å²) < 4.78 is 13.0. The molecular weight excluding hydrogens is 344 g/mol. The minimum atomic E-state index is -0.161. The fraction of sp³-hybridized carbons (Fsp3) is 0.737. The van der Waals surface area contributed by atoms with E-state index in [1.165, 1.54) is 19.3 Å². The van der Waals surface area contributed by atoms with Crippen LogP contribution >= 0.6 is 0 Å². The van der Waals surface area contributed by atoms with E-state index in [1.807, 2.05) is 19.3 Å². The highest BCUT2D eigenvalue weighted by atomic mass is 16.5. The van der Waals surface area contributed by atoms with Gasteiger partial charge in [-0.15, -0.1) is 0 Å². The lowest BCUT2D eigenvalue weighted by atomic mass is 9.93. The average molecular weight is 374 g/mol. The zero-order valence-electron chi connectivity index (χ0n) is 16.5. The zero-order chi connectivity index (χ0) is 18.9. The van der Waals surface area contributed by atoms with Crippen molar-refractivity contribution >= 4 is 0 Å². The maximum Gasteiger partial charge on any atom is 0.240 e. The highest BCUT2D eigenvalue weighted by Gasteiger charge is 2.56. The van der Waals surface area contributed by atoms with E-state index < -0.39 is 0 Å². The summed E-state index contributed by atoms with van der Waals surface area (Å²) in [5, 5.41) is 7.57. The number of rotatable bonds is 8. The van der Waals surface area contributed by atoms with Crippen molar-refractivity contribution in [3.8, 4) is 0 Å². The number of ether oxygens (including phenoxy) is 1. The van der Waals surface area contributed by atoms with Gasteiger partial charge in [0.2, 0.25) is 5.89 Å². The molecule has 0 aromatic carbocycles. The molecule has 3 heterocycles. The minimum Gasteiger partial charge on any atom is -0.374 e. The number of nitrogens with zero attached hydrogens (tertiary/aromatic N) is 5. The van der Waals surface area contributed by atoms with Crippen LogP contribution in [0.4, 0.5) is 0 Å². The molecule has 0 radical (unpaired) electrons. The third-order valence-corrected chi connectivity index (χ3v) is 6.21. The third-order valence-electron chi connectivity index (χ3n) is 6.21. The van der Waals surface area contributed by atoms with Gasteiger partial charge in [0.1, 0.15) is 11.9 Å². The molecule has 1 aliphatic heterocycles. The number of nitrogens with one attached hydrogen (secondary N) is 1. The van der Waals surface area contributed by atoms with E-state index >= 15 is 0 Å². The molecule has 2 unspecified atom stereocenters. The van der Waals surface area contributed by atoms with Crippen LogP contribution in [0.5, 0.6) is 0 Å². The number of imidazole rings is 1. The monoisotopic (exact) mass is 374 g/mol. The van der Waals surface area contributed by atoms with Crippen LogP contribution in [0, 0.1) is 5.41 Å². The average Bonchev–Trinajstić information content (AvgIpc) is 3.06. The van der Waals surface area contributed by atoms with E-state index in [9.17, 15) is 0 Å². The van der Waals surface area contributed by atoms with Gasteiger partial charge in [-0.05, 0) is 51.6 Å². The highest BCUT2D eigenvalue weighted by Crippen LogP contribution is 2.56. The van der Waals surface area contributed by atoms with E-state index in [1.54, 1.807) is 7.11 Å². The number of hydrogen-bond acceptors (Lipinski definition) is 7. The quantitative estimate of drug-likeness (QED) is 0.758. The lowest BCUT2D eigenvalue weighted by Gasteiger charge is -2.28. The number of hydrogen-bond donors (Lipinski definition) is 1. The maximum atomic E-state index is 5.53. The van der Waals surface area contributed by atoms with Crippen molar-refractivity contribution in [1.29, 1.82) is 0 Å². The first kappa shape index (κ1) is 18.6. The molecule has 8 heteroatoms. The molecule has 4 rings (SSSR count). The van der Waals surface area contributed by atoms with Gasteiger partial charge in [0.15, 0.2) is 5.82 Å². The van der Waals surface area contributed by atoms with Gasteiger partial charge in [0, 0.05) is 32.1 Å². The Morgan fingerprint density at radius 1 is 1.41 bits per heavy atom. The van der Waals surface area contributed by atoms with Gasteiger partial charge in [0.05, 0.1) is 13.1 Å². The van der Waals surface area contributed by atoms with Gasteiger partial charge >= 0.3 is 0 Å². The molecule has 2 fully saturated rings. The summed E-state index contributed by atoms with van der Waals surface area (Å²) in [6.07, 6.45) is 7.50. The summed E-state index contributed by atoms with van der Waals surface area (Å²) in [5.41, 5.74) is 0.442.